The predicted molar refractivity (Wildman–Crippen MR) is 81.8 cm³/mol. The van der Waals surface area contributed by atoms with Crippen molar-refractivity contribution < 1.29 is 23.8 Å². The van der Waals surface area contributed by atoms with E-state index in [9.17, 15) is 9.59 Å². The van der Waals surface area contributed by atoms with Gasteiger partial charge >= 0.3 is 12.1 Å². The average molecular weight is 311 g/mol. The van der Waals surface area contributed by atoms with Gasteiger partial charge < -0.3 is 25.3 Å². The first-order chi connectivity index (χ1) is 10.4. The highest BCUT2D eigenvalue weighted by Crippen LogP contribution is 2.43. The maximum absolute atomic E-state index is 12.1. The van der Waals surface area contributed by atoms with Crippen LogP contribution in [0.1, 0.15) is 12.5 Å². The summed E-state index contributed by atoms with van der Waals surface area (Å²) in [5.74, 6) is 1.24. The van der Waals surface area contributed by atoms with E-state index in [1.54, 1.807) is 19.9 Å². The van der Waals surface area contributed by atoms with E-state index in [4.69, 9.17) is 19.9 Å². The van der Waals surface area contributed by atoms with E-state index < -0.39 is 12.1 Å². The fourth-order valence-electron chi connectivity index (χ4n) is 2.01. The van der Waals surface area contributed by atoms with Crippen molar-refractivity contribution in [2.75, 3.05) is 33.2 Å². The molecule has 0 spiro atoms. The number of rotatable bonds is 5. The number of hydrogen-bond acceptors (Lipinski definition) is 5. The van der Waals surface area contributed by atoms with Gasteiger partial charge in [0.15, 0.2) is 11.5 Å². The van der Waals surface area contributed by atoms with Crippen LogP contribution < -0.4 is 25.3 Å². The van der Waals surface area contributed by atoms with Crippen LogP contribution in [0.15, 0.2) is 6.07 Å². The number of primary amides is 1. The van der Waals surface area contributed by atoms with Crippen molar-refractivity contribution in [3.05, 3.63) is 11.6 Å². The van der Waals surface area contributed by atoms with E-state index in [2.05, 4.69) is 5.32 Å². The van der Waals surface area contributed by atoms with Gasteiger partial charge in [-0.3, -0.25) is 0 Å². The van der Waals surface area contributed by atoms with Crippen molar-refractivity contribution in [2.45, 2.75) is 13.8 Å². The molecule has 8 heteroatoms. The second kappa shape index (κ2) is 7.39. The van der Waals surface area contributed by atoms with Crippen molar-refractivity contribution in [1.29, 1.82) is 0 Å². The Kier molecular flexibility index (Phi) is 5.85. The number of methoxy groups -OCH3 is 3. The van der Waals surface area contributed by atoms with E-state index in [1.165, 1.54) is 21.3 Å². The first-order valence-electron chi connectivity index (χ1n) is 6.58. The molecule has 3 N–H and O–H groups in total. The van der Waals surface area contributed by atoms with Crippen molar-refractivity contribution in [2.24, 2.45) is 5.73 Å². The van der Waals surface area contributed by atoms with E-state index in [0.29, 0.717) is 28.5 Å². The lowest BCUT2D eigenvalue weighted by Crippen LogP contribution is -2.43. The highest BCUT2D eigenvalue weighted by atomic mass is 16.5. The third kappa shape index (κ3) is 3.33. The smallest absolute Gasteiger partial charge is 0.329 e. The Labute approximate surface area is 129 Å². The number of urea groups is 2. The first-order valence-corrected chi connectivity index (χ1v) is 6.58. The third-order valence-electron chi connectivity index (χ3n) is 3.15. The first kappa shape index (κ1) is 17.4. The molecule has 1 aromatic rings. The summed E-state index contributed by atoms with van der Waals surface area (Å²) in [5.41, 5.74) is 6.22. The molecule has 0 fully saturated rings. The lowest BCUT2D eigenvalue weighted by Gasteiger charge is -2.21. The van der Waals surface area contributed by atoms with Crippen LogP contribution in [0.2, 0.25) is 0 Å². The fraction of sp³-hybridized carbons (Fsp3) is 0.429. The summed E-state index contributed by atoms with van der Waals surface area (Å²) in [6, 6.07) is 0.126. The number of nitrogens with zero attached hydrogens (tertiary/aromatic N) is 1. The standard InChI is InChI=1S/C14H21N3O5/c1-6-17(13(15)18)14(19)16-9-7-10(20-3)12(22-5)11(21-4)8(9)2/h7H,6H2,1-5H3,(H2,15,18)(H,16,19). The minimum absolute atomic E-state index is 0.157. The molecular formula is C14H21N3O5. The predicted octanol–water partition coefficient (Wildman–Crippen LogP) is 1.95. The number of ether oxygens (including phenoxy) is 3. The normalized spacial score (nSPS) is 9.86. The zero-order valence-corrected chi connectivity index (χ0v) is 13.4. The molecule has 1 aromatic carbocycles. The summed E-state index contributed by atoms with van der Waals surface area (Å²) in [7, 11) is 4.45. The van der Waals surface area contributed by atoms with Crippen LogP contribution in [0.3, 0.4) is 0 Å². The molecule has 0 aromatic heterocycles. The van der Waals surface area contributed by atoms with E-state index in [-0.39, 0.29) is 6.54 Å². The molecule has 22 heavy (non-hydrogen) atoms. The van der Waals surface area contributed by atoms with Crippen LogP contribution in [0.25, 0.3) is 0 Å². The SMILES string of the molecule is CCN(C(N)=O)C(=O)Nc1cc(OC)c(OC)c(OC)c1C. The van der Waals surface area contributed by atoms with Gasteiger partial charge in [0.2, 0.25) is 5.75 Å². The Bertz CT molecular complexity index is 574. The summed E-state index contributed by atoms with van der Waals surface area (Å²) in [5, 5.41) is 2.61. The van der Waals surface area contributed by atoms with Gasteiger partial charge in [-0.2, -0.15) is 0 Å². The second-order valence-electron chi connectivity index (χ2n) is 4.33. The van der Waals surface area contributed by atoms with Gasteiger partial charge in [-0.25, -0.2) is 14.5 Å². The van der Waals surface area contributed by atoms with Gasteiger partial charge in [0, 0.05) is 18.2 Å². The molecule has 0 aliphatic heterocycles. The van der Waals surface area contributed by atoms with E-state index >= 15 is 0 Å². The number of anilines is 1. The topological polar surface area (TPSA) is 103 Å². The molecule has 122 valence electrons. The molecule has 0 heterocycles. The molecule has 0 radical (unpaired) electrons. The molecule has 8 nitrogen and oxygen atoms in total. The Hall–Kier alpha value is -2.64. The van der Waals surface area contributed by atoms with Crippen LogP contribution in [-0.2, 0) is 0 Å². The molecule has 0 saturated carbocycles. The summed E-state index contributed by atoms with van der Waals surface area (Å²) in [6.45, 7) is 3.55. The van der Waals surface area contributed by atoms with Gasteiger partial charge in [-0.05, 0) is 13.8 Å². The molecular weight excluding hydrogens is 290 g/mol. The minimum Gasteiger partial charge on any atom is -0.493 e. The zero-order valence-electron chi connectivity index (χ0n) is 13.4. The summed E-state index contributed by atoms with van der Waals surface area (Å²) < 4.78 is 15.8. The number of benzene rings is 1. The van der Waals surface area contributed by atoms with Crippen LogP contribution in [0.4, 0.5) is 15.3 Å². The van der Waals surface area contributed by atoms with Gasteiger partial charge in [-0.15, -0.1) is 0 Å². The van der Waals surface area contributed by atoms with E-state index in [1.807, 2.05) is 0 Å². The second-order valence-corrected chi connectivity index (χ2v) is 4.33. The number of carbonyl (C=O) groups is 2. The highest BCUT2D eigenvalue weighted by Gasteiger charge is 2.22. The van der Waals surface area contributed by atoms with Crippen LogP contribution in [-0.4, -0.2) is 44.8 Å². The Morgan fingerprint density at radius 1 is 1.18 bits per heavy atom. The molecule has 0 aliphatic rings. The zero-order chi connectivity index (χ0) is 16.9. The minimum atomic E-state index is -0.829. The van der Waals surface area contributed by atoms with E-state index in [0.717, 1.165) is 4.90 Å². The molecule has 0 atom stereocenters. The van der Waals surface area contributed by atoms with Gasteiger partial charge in [0.1, 0.15) is 0 Å². The number of hydrogen-bond donors (Lipinski definition) is 2. The molecule has 0 aliphatic carbocycles. The fourth-order valence-corrected chi connectivity index (χ4v) is 2.01. The molecule has 1 rings (SSSR count). The maximum Gasteiger partial charge on any atom is 0.329 e. The highest BCUT2D eigenvalue weighted by molar-refractivity contribution is 6.01. The Balaban J connectivity index is 3.25. The van der Waals surface area contributed by atoms with Gasteiger partial charge in [0.25, 0.3) is 0 Å². The summed E-state index contributed by atoms with van der Waals surface area (Å²) in [6.07, 6.45) is 0. The Morgan fingerprint density at radius 2 is 1.77 bits per heavy atom. The monoisotopic (exact) mass is 311 g/mol. The van der Waals surface area contributed by atoms with Gasteiger partial charge in [-0.1, -0.05) is 0 Å². The van der Waals surface area contributed by atoms with Crippen molar-refractivity contribution >= 4 is 17.7 Å². The lowest BCUT2D eigenvalue weighted by atomic mass is 10.1. The number of nitrogens with two attached hydrogens (primary N) is 1. The lowest BCUT2D eigenvalue weighted by molar-refractivity contribution is 0.202. The Morgan fingerprint density at radius 3 is 2.18 bits per heavy atom. The number of carbonyl (C=O) groups excluding carboxylic acids is 2. The van der Waals surface area contributed by atoms with Crippen LogP contribution >= 0.6 is 0 Å². The molecule has 0 unspecified atom stereocenters. The summed E-state index contributed by atoms with van der Waals surface area (Å²) in [4.78, 5) is 24.2. The van der Waals surface area contributed by atoms with Gasteiger partial charge in [0.05, 0.1) is 27.0 Å². The summed E-state index contributed by atoms with van der Waals surface area (Å²) >= 11 is 0. The largest absolute Gasteiger partial charge is 0.493 e. The third-order valence-corrected chi connectivity index (χ3v) is 3.15. The quantitative estimate of drug-likeness (QED) is 0.865. The van der Waals surface area contributed by atoms with Crippen LogP contribution in [0.5, 0.6) is 17.2 Å². The number of amides is 4. The van der Waals surface area contributed by atoms with Crippen molar-refractivity contribution in [1.82, 2.24) is 4.90 Å². The molecule has 0 saturated heterocycles. The maximum atomic E-state index is 12.1. The van der Waals surface area contributed by atoms with Crippen LogP contribution in [0, 0.1) is 6.92 Å². The number of imide groups is 1. The molecule has 0 bridgehead atoms. The average Bonchev–Trinajstić information content (AvgIpc) is 2.48. The van der Waals surface area contributed by atoms with Crippen molar-refractivity contribution in [3.8, 4) is 17.2 Å². The molecule has 4 amide bonds. The van der Waals surface area contributed by atoms with Crippen molar-refractivity contribution in [3.63, 3.8) is 0 Å². The number of nitrogens with one attached hydrogen (secondary N) is 1.